The molecule has 0 saturated heterocycles. The summed E-state index contributed by atoms with van der Waals surface area (Å²) in [4.78, 5) is 25.4. The molecule has 0 atom stereocenters. The van der Waals surface area contributed by atoms with Gasteiger partial charge in [0, 0.05) is 11.8 Å². The summed E-state index contributed by atoms with van der Waals surface area (Å²) in [7, 11) is 3.85. The van der Waals surface area contributed by atoms with Crippen molar-refractivity contribution in [1.29, 1.82) is 0 Å². The van der Waals surface area contributed by atoms with Crippen LogP contribution < -0.4 is 9.64 Å². The molecular weight excluding hydrogens is 306 g/mol. The van der Waals surface area contributed by atoms with Gasteiger partial charge < -0.3 is 29.0 Å². The van der Waals surface area contributed by atoms with E-state index in [1.54, 1.807) is 6.07 Å². The van der Waals surface area contributed by atoms with Crippen LogP contribution in [-0.4, -0.2) is 51.7 Å². The maximum Gasteiger partial charge on any atom is 0.355 e. The van der Waals surface area contributed by atoms with Crippen molar-refractivity contribution in [1.82, 2.24) is 0 Å². The molecule has 0 bridgehead atoms. The van der Waals surface area contributed by atoms with Crippen LogP contribution in [0.15, 0.2) is 29.5 Å². The molecular formula is C15H17NO7. The van der Waals surface area contributed by atoms with Gasteiger partial charge >= 0.3 is 11.9 Å². The second-order valence-electron chi connectivity index (χ2n) is 4.57. The van der Waals surface area contributed by atoms with Gasteiger partial charge in [0.25, 0.3) is 0 Å². The molecule has 1 N–H and O–H groups in total. The van der Waals surface area contributed by atoms with Crippen LogP contribution >= 0.6 is 0 Å². The molecule has 1 heterocycles. The number of carbonyl (C=O) groups is 2. The summed E-state index contributed by atoms with van der Waals surface area (Å²) < 4.78 is 19.8. The molecule has 0 aliphatic carbocycles. The molecule has 0 fully saturated rings. The van der Waals surface area contributed by atoms with E-state index in [1.807, 2.05) is 0 Å². The molecule has 2 rings (SSSR count). The molecule has 0 aromatic heterocycles. The normalized spacial score (nSPS) is 14.5. The van der Waals surface area contributed by atoms with Crippen LogP contribution in [-0.2, 0) is 23.8 Å². The Morgan fingerprint density at radius 2 is 1.87 bits per heavy atom. The highest BCUT2D eigenvalue weighted by Crippen LogP contribution is 2.33. The SMILES string of the molecule is COC(=O)C1=C(C(=O)OC)N(c2ccc(OC)c(O)c2)COC1. The van der Waals surface area contributed by atoms with Gasteiger partial charge in [0.05, 0.1) is 33.5 Å². The van der Waals surface area contributed by atoms with E-state index in [-0.39, 0.29) is 36.1 Å². The van der Waals surface area contributed by atoms with Crippen molar-refractivity contribution in [3.05, 3.63) is 29.5 Å². The van der Waals surface area contributed by atoms with E-state index in [0.29, 0.717) is 5.69 Å². The Balaban J connectivity index is 2.52. The Kier molecular flexibility index (Phi) is 5.07. The molecule has 1 aliphatic rings. The first-order valence-electron chi connectivity index (χ1n) is 6.65. The number of aromatic hydroxyl groups is 1. The number of benzene rings is 1. The fourth-order valence-corrected chi connectivity index (χ4v) is 2.19. The molecule has 0 spiro atoms. The Morgan fingerprint density at radius 3 is 2.43 bits per heavy atom. The number of nitrogens with zero attached hydrogens (tertiary/aromatic N) is 1. The third-order valence-corrected chi connectivity index (χ3v) is 3.31. The highest BCUT2D eigenvalue weighted by molar-refractivity contribution is 6.03. The quantitative estimate of drug-likeness (QED) is 0.813. The Hall–Kier alpha value is -2.74. The van der Waals surface area contributed by atoms with Crippen LogP contribution in [0.25, 0.3) is 0 Å². The third-order valence-electron chi connectivity index (χ3n) is 3.31. The summed E-state index contributed by atoms with van der Waals surface area (Å²) >= 11 is 0. The summed E-state index contributed by atoms with van der Waals surface area (Å²) in [5.41, 5.74) is 0.487. The van der Waals surface area contributed by atoms with Crippen LogP contribution in [0.2, 0.25) is 0 Å². The lowest BCUT2D eigenvalue weighted by atomic mass is 10.1. The lowest BCUT2D eigenvalue weighted by Crippen LogP contribution is -2.38. The highest BCUT2D eigenvalue weighted by Gasteiger charge is 2.32. The Morgan fingerprint density at radius 1 is 1.17 bits per heavy atom. The Bertz CT molecular complexity index is 653. The predicted molar refractivity (Wildman–Crippen MR) is 79.0 cm³/mol. The fourth-order valence-electron chi connectivity index (χ4n) is 2.19. The van der Waals surface area contributed by atoms with Gasteiger partial charge in [0.15, 0.2) is 11.5 Å². The van der Waals surface area contributed by atoms with Crippen molar-refractivity contribution in [2.45, 2.75) is 0 Å². The maximum atomic E-state index is 12.1. The molecule has 0 amide bonds. The molecule has 8 heteroatoms. The van der Waals surface area contributed by atoms with Crippen LogP contribution in [0.5, 0.6) is 11.5 Å². The molecule has 1 aliphatic heterocycles. The molecule has 8 nitrogen and oxygen atoms in total. The second kappa shape index (κ2) is 7.01. The third kappa shape index (κ3) is 3.21. The minimum absolute atomic E-state index is 0.00941. The van der Waals surface area contributed by atoms with Gasteiger partial charge in [-0.1, -0.05) is 0 Å². The minimum atomic E-state index is -0.705. The number of phenolic OH excluding ortho intramolecular Hbond substituents is 1. The summed E-state index contributed by atoms with van der Waals surface area (Å²) in [5, 5.41) is 9.91. The van der Waals surface area contributed by atoms with Crippen molar-refractivity contribution in [3.8, 4) is 11.5 Å². The smallest absolute Gasteiger partial charge is 0.355 e. The number of anilines is 1. The highest BCUT2D eigenvalue weighted by atomic mass is 16.5. The molecule has 0 saturated carbocycles. The average molecular weight is 323 g/mol. The molecule has 0 unspecified atom stereocenters. The number of rotatable bonds is 4. The second-order valence-corrected chi connectivity index (χ2v) is 4.57. The van der Waals surface area contributed by atoms with Gasteiger partial charge in [0.2, 0.25) is 0 Å². The van der Waals surface area contributed by atoms with E-state index >= 15 is 0 Å². The van der Waals surface area contributed by atoms with E-state index in [9.17, 15) is 14.7 Å². The molecule has 124 valence electrons. The van der Waals surface area contributed by atoms with E-state index < -0.39 is 11.9 Å². The lowest BCUT2D eigenvalue weighted by Gasteiger charge is -2.31. The Labute approximate surface area is 132 Å². The number of carbonyl (C=O) groups excluding carboxylic acids is 2. The maximum absolute atomic E-state index is 12.1. The van der Waals surface area contributed by atoms with Crippen molar-refractivity contribution in [2.24, 2.45) is 0 Å². The number of methoxy groups -OCH3 is 3. The first-order valence-corrected chi connectivity index (χ1v) is 6.65. The van der Waals surface area contributed by atoms with Crippen molar-refractivity contribution >= 4 is 17.6 Å². The summed E-state index contributed by atoms with van der Waals surface area (Å²) in [5.74, 6) is -1.22. The minimum Gasteiger partial charge on any atom is -0.504 e. The first kappa shape index (κ1) is 16.6. The van der Waals surface area contributed by atoms with E-state index in [1.165, 1.54) is 38.4 Å². The fraction of sp³-hybridized carbons (Fsp3) is 0.333. The van der Waals surface area contributed by atoms with E-state index in [0.717, 1.165) is 0 Å². The molecule has 23 heavy (non-hydrogen) atoms. The lowest BCUT2D eigenvalue weighted by molar-refractivity contribution is -0.140. The standard InChI is InChI=1S/C15H17NO7/c1-20-12-5-4-9(6-11(12)17)16-8-23-7-10(14(18)21-2)13(16)15(19)22-3/h4-6,17H,7-8H2,1-3H3. The zero-order valence-corrected chi connectivity index (χ0v) is 13.0. The summed E-state index contributed by atoms with van der Waals surface area (Å²) in [6.45, 7) is -0.0631. The number of phenols is 1. The number of ether oxygens (including phenoxy) is 4. The number of hydrogen-bond acceptors (Lipinski definition) is 8. The zero-order chi connectivity index (χ0) is 17.0. The van der Waals surface area contributed by atoms with Crippen LogP contribution in [0.4, 0.5) is 5.69 Å². The van der Waals surface area contributed by atoms with Gasteiger partial charge in [-0.2, -0.15) is 0 Å². The average Bonchev–Trinajstić information content (AvgIpc) is 2.59. The predicted octanol–water partition coefficient (Wildman–Crippen LogP) is 0.795. The van der Waals surface area contributed by atoms with Crippen molar-refractivity contribution in [2.75, 3.05) is 39.6 Å². The van der Waals surface area contributed by atoms with Crippen molar-refractivity contribution in [3.63, 3.8) is 0 Å². The first-order chi connectivity index (χ1) is 11.0. The monoisotopic (exact) mass is 323 g/mol. The van der Waals surface area contributed by atoms with Crippen LogP contribution in [0, 0.1) is 0 Å². The van der Waals surface area contributed by atoms with Gasteiger partial charge in [-0.05, 0) is 12.1 Å². The van der Waals surface area contributed by atoms with Gasteiger partial charge in [-0.3, -0.25) is 0 Å². The summed E-state index contributed by atoms with van der Waals surface area (Å²) in [6, 6.07) is 4.54. The molecule has 1 aromatic carbocycles. The van der Waals surface area contributed by atoms with Crippen molar-refractivity contribution < 1.29 is 33.6 Å². The molecule has 1 aromatic rings. The molecule has 0 radical (unpaired) electrons. The van der Waals surface area contributed by atoms with Crippen LogP contribution in [0.3, 0.4) is 0 Å². The number of hydrogen-bond donors (Lipinski definition) is 1. The zero-order valence-electron chi connectivity index (χ0n) is 13.0. The van der Waals surface area contributed by atoms with Crippen LogP contribution in [0.1, 0.15) is 0 Å². The topological polar surface area (TPSA) is 94.5 Å². The van der Waals surface area contributed by atoms with Gasteiger partial charge in [-0.25, -0.2) is 9.59 Å². The van der Waals surface area contributed by atoms with Gasteiger partial charge in [-0.15, -0.1) is 0 Å². The number of esters is 2. The summed E-state index contributed by atoms with van der Waals surface area (Å²) in [6.07, 6.45) is 0. The largest absolute Gasteiger partial charge is 0.504 e. The van der Waals surface area contributed by atoms with E-state index in [2.05, 4.69) is 4.74 Å². The van der Waals surface area contributed by atoms with E-state index in [4.69, 9.17) is 14.2 Å². The van der Waals surface area contributed by atoms with Gasteiger partial charge in [0.1, 0.15) is 12.4 Å².